The van der Waals surface area contributed by atoms with Crippen molar-refractivity contribution in [3.8, 4) is 0 Å². The number of allylic oxidation sites excluding steroid dienone is 2. The summed E-state index contributed by atoms with van der Waals surface area (Å²) in [6, 6.07) is 24.6. The van der Waals surface area contributed by atoms with Crippen LogP contribution in [-0.2, 0) is 4.79 Å². The van der Waals surface area contributed by atoms with Gasteiger partial charge < -0.3 is 20.6 Å². The van der Waals surface area contributed by atoms with Crippen LogP contribution in [0.15, 0.2) is 83.9 Å². The number of piperazine rings is 1. The second-order valence-electron chi connectivity index (χ2n) is 11.4. The van der Waals surface area contributed by atoms with E-state index in [2.05, 4.69) is 86.0 Å². The number of carboxylic acids is 1. The van der Waals surface area contributed by atoms with E-state index in [0.29, 0.717) is 5.57 Å². The zero-order valence-electron chi connectivity index (χ0n) is 25.2. The molecule has 1 heterocycles. The predicted molar refractivity (Wildman–Crippen MR) is 172 cm³/mol. The molecule has 0 aromatic heterocycles. The third kappa shape index (κ3) is 8.01. The van der Waals surface area contributed by atoms with Crippen LogP contribution in [0.4, 0.5) is 17.1 Å². The molecule has 0 saturated carbocycles. The fraction of sp³-hybridized carbons (Fsp3) is 0.343. The summed E-state index contributed by atoms with van der Waals surface area (Å²) >= 11 is 0. The van der Waals surface area contributed by atoms with Gasteiger partial charge in [0.15, 0.2) is 0 Å². The lowest BCUT2D eigenvalue weighted by Gasteiger charge is -2.37. The maximum atomic E-state index is 12.4. The molecule has 0 bridgehead atoms. The van der Waals surface area contributed by atoms with Gasteiger partial charge in [0, 0.05) is 43.2 Å². The molecule has 0 aliphatic carbocycles. The largest absolute Gasteiger partial charge is 0.478 e. The Morgan fingerprint density at radius 2 is 1.30 bits per heavy atom. The number of nitrogen functional groups attached to an aromatic ring is 1. The number of nitrogens with two attached hydrogens (primary N) is 1. The number of aryl methyl sites for hydroxylation is 1. The molecule has 1 saturated heterocycles. The van der Waals surface area contributed by atoms with Gasteiger partial charge in [0.2, 0.25) is 0 Å². The second kappa shape index (κ2) is 13.9. The number of hydrogen-bond donors (Lipinski definition) is 2. The highest BCUT2D eigenvalue weighted by molar-refractivity contribution is 6.13. The summed E-state index contributed by atoms with van der Waals surface area (Å²) < 4.78 is 0. The summed E-state index contributed by atoms with van der Waals surface area (Å²) in [6.07, 6.45) is 0. The van der Waals surface area contributed by atoms with Crippen molar-refractivity contribution < 1.29 is 9.90 Å². The molecular weight excluding hydrogens is 494 g/mol. The van der Waals surface area contributed by atoms with Gasteiger partial charge in [-0.3, -0.25) is 0 Å². The maximum Gasteiger partial charge on any atom is 0.336 e. The van der Waals surface area contributed by atoms with Gasteiger partial charge in [-0.25, -0.2) is 4.79 Å². The minimum atomic E-state index is -0.904. The molecule has 0 atom stereocenters. The van der Waals surface area contributed by atoms with Crippen LogP contribution in [0.5, 0.6) is 0 Å². The molecule has 0 unspecified atom stereocenters. The first-order valence-electron chi connectivity index (χ1n) is 14.1. The van der Waals surface area contributed by atoms with E-state index in [0.717, 1.165) is 71.3 Å². The summed E-state index contributed by atoms with van der Waals surface area (Å²) in [5.74, 6) is -0.0704. The zero-order chi connectivity index (χ0) is 29.4. The van der Waals surface area contributed by atoms with Crippen molar-refractivity contribution in [2.45, 2.75) is 48.5 Å². The SMILES string of the molecule is CC(C)=C(C(=O)O)/C(=C(\C)c1ccc(C)cc1)c1cccc(N2CCN(c3ccc(N)cc3)CC2)c1.CC(C)C. The molecular formula is C35H45N3O2. The monoisotopic (exact) mass is 539 g/mol. The van der Waals surface area contributed by atoms with Gasteiger partial charge in [-0.1, -0.05) is 68.3 Å². The van der Waals surface area contributed by atoms with Crippen LogP contribution in [0.3, 0.4) is 0 Å². The Morgan fingerprint density at radius 3 is 1.80 bits per heavy atom. The molecule has 1 fully saturated rings. The first kappa shape index (κ1) is 30.6. The number of nitrogens with zero attached hydrogens (tertiary/aromatic N) is 2. The molecule has 0 radical (unpaired) electrons. The molecule has 0 spiro atoms. The Balaban J connectivity index is 0.00000103. The minimum Gasteiger partial charge on any atom is -0.478 e. The summed E-state index contributed by atoms with van der Waals surface area (Å²) in [7, 11) is 0. The highest BCUT2D eigenvalue weighted by atomic mass is 16.4. The lowest BCUT2D eigenvalue weighted by molar-refractivity contribution is -0.132. The topological polar surface area (TPSA) is 69.8 Å². The van der Waals surface area contributed by atoms with E-state index in [4.69, 9.17) is 5.73 Å². The van der Waals surface area contributed by atoms with Gasteiger partial charge >= 0.3 is 5.97 Å². The van der Waals surface area contributed by atoms with Crippen LogP contribution in [0.1, 0.15) is 58.2 Å². The summed E-state index contributed by atoms with van der Waals surface area (Å²) in [5, 5.41) is 10.2. The number of anilines is 3. The van der Waals surface area contributed by atoms with Crippen LogP contribution >= 0.6 is 0 Å². The van der Waals surface area contributed by atoms with Crippen molar-refractivity contribution in [2.24, 2.45) is 5.92 Å². The Hall–Kier alpha value is -3.99. The molecule has 5 nitrogen and oxygen atoms in total. The zero-order valence-corrected chi connectivity index (χ0v) is 25.2. The van der Waals surface area contributed by atoms with Crippen molar-refractivity contribution in [3.63, 3.8) is 0 Å². The van der Waals surface area contributed by atoms with Crippen molar-refractivity contribution in [2.75, 3.05) is 41.7 Å². The van der Waals surface area contributed by atoms with E-state index < -0.39 is 5.97 Å². The fourth-order valence-corrected chi connectivity index (χ4v) is 4.83. The third-order valence-electron chi connectivity index (χ3n) is 6.86. The Labute approximate surface area is 240 Å². The lowest BCUT2D eigenvalue weighted by atomic mass is 9.87. The van der Waals surface area contributed by atoms with Crippen LogP contribution in [-0.4, -0.2) is 37.3 Å². The standard InChI is InChI=1S/C31H35N3O2.C4H10/c1-21(2)29(31(35)36)30(23(4)24-10-8-22(3)9-11-24)25-6-5-7-28(20-25)34-18-16-33(17-19-34)27-14-12-26(32)13-15-27;1-4(2)3/h5-15,20H,16-19,32H2,1-4H3,(H,35,36);4H,1-3H3/b30-23+;. The average Bonchev–Trinajstić information content (AvgIpc) is 2.91. The van der Waals surface area contributed by atoms with Gasteiger partial charge in [0.1, 0.15) is 0 Å². The van der Waals surface area contributed by atoms with Crippen molar-refractivity contribution in [1.29, 1.82) is 0 Å². The molecule has 3 aromatic carbocycles. The Bertz CT molecular complexity index is 1340. The van der Waals surface area contributed by atoms with E-state index in [9.17, 15) is 9.90 Å². The number of rotatable bonds is 6. The number of carboxylic acid groups (broad SMARTS) is 1. The highest BCUT2D eigenvalue weighted by Crippen LogP contribution is 2.36. The number of hydrogen-bond acceptors (Lipinski definition) is 4. The average molecular weight is 540 g/mol. The molecule has 3 N–H and O–H groups in total. The van der Waals surface area contributed by atoms with Crippen LogP contribution in [0, 0.1) is 12.8 Å². The van der Waals surface area contributed by atoms with Gasteiger partial charge in [-0.2, -0.15) is 0 Å². The predicted octanol–water partition coefficient (Wildman–Crippen LogP) is 7.92. The number of carbonyl (C=O) groups is 1. The molecule has 5 heteroatoms. The van der Waals surface area contributed by atoms with Crippen LogP contribution < -0.4 is 15.5 Å². The van der Waals surface area contributed by atoms with E-state index in [-0.39, 0.29) is 0 Å². The van der Waals surface area contributed by atoms with E-state index >= 15 is 0 Å². The van der Waals surface area contributed by atoms with Gasteiger partial charge in [-0.15, -0.1) is 0 Å². The lowest BCUT2D eigenvalue weighted by Crippen LogP contribution is -2.46. The van der Waals surface area contributed by atoms with Gasteiger partial charge in [-0.05, 0) is 92.3 Å². The molecule has 1 aliphatic heterocycles. The molecule has 3 aromatic rings. The van der Waals surface area contributed by atoms with Gasteiger partial charge in [0.05, 0.1) is 5.57 Å². The molecule has 0 amide bonds. The molecule has 1 aliphatic rings. The first-order chi connectivity index (χ1) is 19.0. The Kier molecular flexibility index (Phi) is 10.6. The number of benzene rings is 3. The van der Waals surface area contributed by atoms with Crippen LogP contribution in [0.25, 0.3) is 11.1 Å². The van der Waals surface area contributed by atoms with Gasteiger partial charge in [0.25, 0.3) is 0 Å². The van der Waals surface area contributed by atoms with Crippen molar-refractivity contribution in [1.82, 2.24) is 0 Å². The summed E-state index contributed by atoms with van der Waals surface area (Å²) in [5.41, 5.74) is 14.9. The second-order valence-corrected chi connectivity index (χ2v) is 11.4. The minimum absolute atomic E-state index is 0.360. The van der Waals surface area contributed by atoms with Crippen molar-refractivity contribution >= 4 is 34.2 Å². The van der Waals surface area contributed by atoms with Crippen LogP contribution in [0.2, 0.25) is 0 Å². The number of aliphatic carboxylic acids is 1. The van der Waals surface area contributed by atoms with Crippen molar-refractivity contribution in [3.05, 3.63) is 101 Å². The van der Waals surface area contributed by atoms with E-state index in [1.54, 1.807) is 0 Å². The first-order valence-corrected chi connectivity index (χ1v) is 14.1. The molecule has 4 rings (SSSR count). The quantitative estimate of drug-likeness (QED) is 0.144. The molecule has 40 heavy (non-hydrogen) atoms. The van der Waals surface area contributed by atoms with E-state index in [1.807, 2.05) is 45.0 Å². The van der Waals surface area contributed by atoms with E-state index in [1.165, 1.54) is 11.3 Å². The normalized spacial score (nSPS) is 13.8. The fourth-order valence-electron chi connectivity index (χ4n) is 4.83. The maximum absolute atomic E-state index is 12.4. The summed E-state index contributed by atoms with van der Waals surface area (Å²) in [4.78, 5) is 17.2. The highest BCUT2D eigenvalue weighted by Gasteiger charge is 2.22. The third-order valence-corrected chi connectivity index (χ3v) is 6.86. The summed E-state index contributed by atoms with van der Waals surface area (Å²) in [6.45, 7) is 17.9. The smallest absolute Gasteiger partial charge is 0.336 e. The molecule has 212 valence electrons. The Morgan fingerprint density at radius 1 is 0.775 bits per heavy atom.